The Hall–Kier alpha value is -2.37. The second-order valence-electron chi connectivity index (χ2n) is 18.1. The van der Waals surface area contributed by atoms with Crippen molar-refractivity contribution in [3.63, 3.8) is 0 Å². The molecule has 0 aromatic heterocycles. The van der Waals surface area contributed by atoms with E-state index in [4.69, 9.17) is 14.2 Å². The highest BCUT2D eigenvalue weighted by molar-refractivity contribution is 5.71. The second-order valence-corrected chi connectivity index (χ2v) is 18.1. The molecule has 62 heavy (non-hydrogen) atoms. The van der Waals surface area contributed by atoms with Crippen LogP contribution in [-0.2, 0) is 28.6 Å². The summed E-state index contributed by atoms with van der Waals surface area (Å²) >= 11 is 0. The molecule has 0 spiro atoms. The van der Waals surface area contributed by atoms with Crippen LogP contribution in [0.25, 0.3) is 0 Å². The van der Waals surface area contributed by atoms with Crippen LogP contribution in [0.5, 0.6) is 0 Å². The van der Waals surface area contributed by atoms with E-state index >= 15 is 0 Å². The van der Waals surface area contributed by atoms with Gasteiger partial charge in [-0.2, -0.15) is 0 Å². The Morgan fingerprint density at radius 2 is 0.532 bits per heavy atom. The van der Waals surface area contributed by atoms with Crippen LogP contribution in [0.3, 0.4) is 0 Å². The quantitative estimate of drug-likeness (QED) is 0.0262. The van der Waals surface area contributed by atoms with Crippen molar-refractivity contribution in [3.05, 3.63) is 36.5 Å². The van der Waals surface area contributed by atoms with Crippen LogP contribution in [0.2, 0.25) is 0 Å². The van der Waals surface area contributed by atoms with Crippen LogP contribution in [-0.4, -0.2) is 37.2 Å². The predicted molar refractivity (Wildman–Crippen MR) is 266 cm³/mol. The van der Waals surface area contributed by atoms with E-state index in [2.05, 4.69) is 57.2 Å². The van der Waals surface area contributed by atoms with Crippen molar-refractivity contribution in [1.29, 1.82) is 0 Å². The Balaban J connectivity index is 4.39. The van der Waals surface area contributed by atoms with Gasteiger partial charge < -0.3 is 14.2 Å². The van der Waals surface area contributed by atoms with Crippen LogP contribution >= 0.6 is 0 Å². The summed E-state index contributed by atoms with van der Waals surface area (Å²) in [5.74, 6) is -0.895. The minimum Gasteiger partial charge on any atom is -0.462 e. The zero-order valence-corrected chi connectivity index (χ0v) is 41.4. The molecule has 0 aromatic carbocycles. The van der Waals surface area contributed by atoms with Gasteiger partial charge in [-0.3, -0.25) is 14.4 Å². The molecule has 0 aromatic rings. The zero-order valence-electron chi connectivity index (χ0n) is 41.4. The summed E-state index contributed by atoms with van der Waals surface area (Å²) in [7, 11) is 0. The second kappa shape index (κ2) is 51.3. The number of hydrogen-bond donors (Lipinski definition) is 0. The Kier molecular flexibility index (Phi) is 49.3. The molecule has 0 rings (SSSR count). The maximum absolute atomic E-state index is 12.8. The maximum atomic E-state index is 12.8. The summed E-state index contributed by atoms with van der Waals surface area (Å²) < 4.78 is 16.8. The lowest BCUT2D eigenvalue weighted by molar-refractivity contribution is -0.167. The molecule has 362 valence electrons. The Morgan fingerprint density at radius 1 is 0.306 bits per heavy atom. The third-order valence-electron chi connectivity index (χ3n) is 11.8. The first-order valence-corrected chi connectivity index (χ1v) is 27.0. The highest BCUT2D eigenvalue weighted by atomic mass is 16.6. The van der Waals surface area contributed by atoms with Gasteiger partial charge in [-0.15, -0.1) is 0 Å². The molecule has 6 heteroatoms. The molecule has 0 fully saturated rings. The Labute approximate surface area is 385 Å². The van der Waals surface area contributed by atoms with E-state index in [0.717, 1.165) is 83.5 Å². The molecule has 0 saturated heterocycles. The van der Waals surface area contributed by atoms with Crippen LogP contribution in [0.1, 0.15) is 284 Å². The van der Waals surface area contributed by atoms with Gasteiger partial charge in [-0.05, 0) is 96.3 Å². The fraction of sp³-hybridized carbons (Fsp3) is 0.839. The van der Waals surface area contributed by atoms with E-state index in [-0.39, 0.29) is 31.1 Å². The van der Waals surface area contributed by atoms with Gasteiger partial charge in [0.05, 0.1) is 0 Å². The van der Waals surface area contributed by atoms with Crippen molar-refractivity contribution in [2.75, 3.05) is 13.2 Å². The van der Waals surface area contributed by atoms with E-state index in [9.17, 15) is 14.4 Å². The van der Waals surface area contributed by atoms with Crippen LogP contribution < -0.4 is 0 Å². The molecule has 0 unspecified atom stereocenters. The number of ether oxygens (including phenoxy) is 3. The monoisotopic (exact) mass is 871 g/mol. The molecular weight excluding hydrogens is 769 g/mol. The molecule has 0 aliphatic carbocycles. The first kappa shape index (κ1) is 59.6. The van der Waals surface area contributed by atoms with Gasteiger partial charge in [0.15, 0.2) is 6.10 Å². The first-order chi connectivity index (χ1) is 30.5. The number of esters is 3. The summed E-state index contributed by atoms with van der Waals surface area (Å²) in [6.45, 7) is 6.62. The van der Waals surface area contributed by atoms with Crippen molar-refractivity contribution in [2.24, 2.45) is 0 Å². The zero-order chi connectivity index (χ0) is 45.1. The summed E-state index contributed by atoms with van der Waals surface area (Å²) in [6, 6.07) is 0. The molecule has 0 aliphatic heterocycles. The Morgan fingerprint density at radius 3 is 0.806 bits per heavy atom. The summed E-state index contributed by atoms with van der Waals surface area (Å²) in [6.07, 6.45) is 59.8. The average molecular weight is 871 g/mol. The number of rotatable bonds is 49. The third-order valence-corrected chi connectivity index (χ3v) is 11.8. The SMILES string of the molecule is CCCCCCC/C=C\CCCCCCCC(=O)OC[C@H](COC(=O)CCCCCCC/C=C\CCCCCCCC)OC(=O)CCCCCCC/C=C\CCCCCCCC. The van der Waals surface area contributed by atoms with Crippen LogP contribution in [0, 0.1) is 0 Å². The largest absolute Gasteiger partial charge is 0.462 e. The number of carbonyl (C=O) groups is 3. The van der Waals surface area contributed by atoms with Gasteiger partial charge in [0.1, 0.15) is 13.2 Å². The summed E-state index contributed by atoms with van der Waals surface area (Å²) in [5.41, 5.74) is 0. The van der Waals surface area contributed by atoms with Crippen molar-refractivity contribution >= 4 is 17.9 Å². The molecule has 1 atom stereocenters. The van der Waals surface area contributed by atoms with Gasteiger partial charge in [0.2, 0.25) is 0 Å². The fourth-order valence-electron chi connectivity index (χ4n) is 7.72. The molecule has 0 bridgehead atoms. The van der Waals surface area contributed by atoms with Gasteiger partial charge in [0, 0.05) is 19.3 Å². The van der Waals surface area contributed by atoms with E-state index < -0.39 is 6.10 Å². The molecule has 6 nitrogen and oxygen atoms in total. The van der Waals surface area contributed by atoms with E-state index in [1.165, 1.54) is 161 Å². The van der Waals surface area contributed by atoms with Gasteiger partial charge in [-0.1, -0.05) is 205 Å². The van der Waals surface area contributed by atoms with E-state index in [0.29, 0.717) is 19.3 Å². The number of hydrogen-bond acceptors (Lipinski definition) is 6. The molecule has 0 N–H and O–H groups in total. The summed E-state index contributed by atoms with van der Waals surface area (Å²) in [4.78, 5) is 38.0. The Bertz CT molecular complexity index is 1050. The lowest BCUT2D eigenvalue weighted by Crippen LogP contribution is -2.30. The topological polar surface area (TPSA) is 78.9 Å². The predicted octanol–water partition coefficient (Wildman–Crippen LogP) is 17.7. The molecule has 0 aliphatic rings. The average Bonchev–Trinajstić information content (AvgIpc) is 3.27. The van der Waals surface area contributed by atoms with Crippen molar-refractivity contribution in [3.8, 4) is 0 Å². The van der Waals surface area contributed by atoms with Crippen molar-refractivity contribution in [1.82, 2.24) is 0 Å². The highest BCUT2D eigenvalue weighted by Crippen LogP contribution is 2.14. The van der Waals surface area contributed by atoms with Gasteiger partial charge in [0.25, 0.3) is 0 Å². The van der Waals surface area contributed by atoms with E-state index in [1.54, 1.807) is 0 Å². The summed E-state index contributed by atoms with van der Waals surface area (Å²) in [5, 5.41) is 0. The number of unbranched alkanes of at least 4 members (excludes halogenated alkanes) is 32. The third kappa shape index (κ3) is 48.7. The smallest absolute Gasteiger partial charge is 0.306 e. The molecular formula is C56H102O6. The van der Waals surface area contributed by atoms with Crippen LogP contribution in [0.4, 0.5) is 0 Å². The first-order valence-electron chi connectivity index (χ1n) is 27.0. The maximum Gasteiger partial charge on any atom is 0.306 e. The molecule has 0 amide bonds. The normalized spacial score (nSPS) is 12.2. The van der Waals surface area contributed by atoms with Gasteiger partial charge >= 0.3 is 17.9 Å². The lowest BCUT2D eigenvalue weighted by atomic mass is 10.1. The molecule has 0 radical (unpaired) electrons. The fourth-order valence-corrected chi connectivity index (χ4v) is 7.72. The molecule has 0 saturated carbocycles. The number of carbonyl (C=O) groups excluding carboxylic acids is 3. The standard InChI is InChI=1S/C56H102O6/c1-4-7-10-13-16-19-22-25-28-31-34-37-40-43-46-49-55(58)61-52-53(51-60-54(57)48-45-42-39-36-33-30-27-24-21-18-15-12-9-6-3)62-56(59)50-47-44-41-38-35-32-29-26-23-20-17-14-11-8-5-2/h24-29,53H,4-23,30-52H2,1-3H3/b27-24-,28-25-,29-26-/t53-/m1/s1. The number of allylic oxidation sites excluding steroid dienone is 6. The lowest BCUT2D eigenvalue weighted by Gasteiger charge is -2.18. The van der Waals surface area contributed by atoms with Crippen LogP contribution in [0.15, 0.2) is 36.5 Å². The highest BCUT2D eigenvalue weighted by Gasteiger charge is 2.19. The minimum absolute atomic E-state index is 0.0807. The van der Waals surface area contributed by atoms with Crippen molar-refractivity contribution in [2.45, 2.75) is 290 Å². The van der Waals surface area contributed by atoms with Crippen molar-refractivity contribution < 1.29 is 28.6 Å². The molecule has 0 heterocycles. The minimum atomic E-state index is -0.781. The van der Waals surface area contributed by atoms with E-state index in [1.807, 2.05) is 0 Å². The van der Waals surface area contributed by atoms with Gasteiger partial charge in [-0.25, -0.2) is 0 Å².